The van der Waals surface area contributed by atoms with Crippen LogP contribution in [-0.2, 0) is 6.54 Å². The molecule has 1 aromatic carbocycles. The number of halogens is 1. The number of hydrogen-bond donors (Lipinski definition) is 1. The van der Waals surface area contributed by atoms with Crippen LogP contribution in [0.25, 0.3) is 0 Å². The molecule has 0 radical (unpaired) electrons. The maximum atomic E-state index is 14.2. The van der Waals surface area contributed by atoms with E-state index in [1.807, 2.05) is 23.9 Å². The Kier molecular flexibility index (Phi) is 5.11. The molecule has 0 spiro atoms. The molecule has 1 atom stereocenters. The highest BCUT2D eigenvalue weighted by molar-refractivity contribution is 8.00. The summed E-state index contributed by atoms with van der Waals surface area (Å²) in [5, 5.41) is 3.89. The highest BCUT2D eigenvalue weighted by atomic mass is 32.2. The van der Waals surface area contributed by atoms with Gasteiger partial charge in [0.2, 0.25) is 0 Å². The van der Waals surface area contributed by atoms with Crippen LogP contribution in [0.1, 0.15) is 26.3 Å². The SMILES string of the molecule is CC(C)NCc1ccc(N2CCSC(C)C2)c(F)c1. The Labute approximate surface area is 119 Å². The van der Waals surface area contributed by atoms with Gasteiger partial charge in [0, 0.05) is 36.7 Å². The standard InChI is InChI=1S/C15H23FN2S/c1-11(2)17-9-13-4-5-15(14(16)8-13)18-6-7-19-12(3)10-18/h4-5,8,11-12,17H,6-7,9-10H2,1-3H3. The van der Waals surface area contributed by atoms with E-state index in [1.165, 1.54) is 0 Å². The molecule has 1 aliphatic heterocycles. The van der Waals surface area contributed by atoms with Crippen LogP contribution >= 0.6 is 11.8 Å². The van der Waals surface area contributed by atoms with Crippen molar-refractivity contribution in [1.29, 1.82) is 0 Å². The fourth-order valence-electron chi connectivity index (χ4n) is 2.28. The molecule has 1 aliphatic rings. The molecule has 4 heteroatoms. The van der Waals surface area contributed by atoms with Gasteiger partial charge in [-0.2, -0.15) is 11.8 Å². The average Bonchev–Trinajstić information content (AvgIpc) is 2.36. The van der Waals surface area contributed by atoms with Gasteiger partial charge in [-0.05, 0) is 17.7 Å². The van der Waals surface area contributed by atoms with E-state index in [-0.39, 0.29) is 5.82 Å². The first-order valence-corrected chi connectivity index (χ1v) is 7.99. The van der Waals surface area contributed by atoms with Crippen molar-refractivity contribution in [2.75, 3.05) is 23.7 Å². The van der Waals surface area contributed by atoms with Crippen molar-refractivity contribution < 1.29 is 4.39 Å². The van der Waals surface area contributed by atoms with Gasteiger partial charge in [0.25, 0.3) is 0 Å². The number of rotatable bonds is 4. The molecular weight excluding hydrogens is 259 g/mol. The van der Waals surface area contributed by atoms with Crippen LogP contribution in [0.5, 0.6) is 0 Å². The monoisotopic (exact) mass is 282 g/mol. The number of benzene rings is 1. The Morgan fingerprint density at radius 3 is 2.89 bits per heavy atom. The second-order valence-electron chi connectivity index (χ2n) is 5.45. The lowest BCUT2D eigenvalue weighted by Gasteiger charge is -2.32. The largest absolute Gasteiger partial charge is 0.367 e. The molecular formula is C15H23FN2S. The van der Waals surface area contributed by atoms with Gasteiger partial charge in [0.15, 0.2) is 0 Å². The zero-order valence-corrected chi connectivity index (χ0v) is 12.8. The van der Waals surface area contributed by atoms with E-state index < -0.39 is 0 Å². The maximum Gasteiger partial charge on any atom is 0.146 e. The Hall–Kier alpha value is -0.740. The third kappa shape index (κ3) is 4.11. The van der Waals surface area contributed by atoms with Crippen molar-refractivity contribution in [3.05, 3.63) is 29.6 Å². The average molecular weight is 282 g/mol. The molecule has 2 nitrogen and oxygen atoms in total. The van der Waals surface area contributed by atoms with Crippen molar-refractivity contribution >= 4 is 17.4 Å². The van der Waals surface area contributed by atoms with Crippen LogP contribution in [0.2, 0.25) is 0 Å². The number of thioether (sulfide) groups is 1. The summed E-state index contributed by atoms with van der Waals surface area (Å²) in [6.07, 6.45) is 0. The van der Waals surface area contributed by atoms with Crippen LogP contribution in [0.3, 0.4) is 0 Å². The maximum absolute atomic E-state index is 14.2. The zero-order chi connectivity index (χ0) is 13.8. The first kappa shape index (κ1) is 14.7. The number of anilines is 1. The lowest BCUT2D eigenvalue weighted by atomic mass is 10.1. The quantitative estimate of drug-likeness (QED) is 0.912. The molecule has 1 fully saturated rings. The van der Waals surface area contributed by atoms with Gasteiger partial charge in [-0.25, -0.2) is 4.39 Å². The van der Waals surface area contributed by atoms with Crippen molar-refractivity contribution in [2.45, 2.75) is 38.6 Å². The molecule has 0 aliphatic carbocycles. The molecule has 1 saturated heterocycles. The zero-order valence-electron chi connectivity index (χ0n) is 11.9. The van der Waals surface area contributed by atoms with E-state index >= 15 is 0 Å². The normalized spacial score (nSPS) is 20.1. The summed E-state index contributed by atoms with van der Waals surface area (Å²) in [6.45, 7) is 8.99. The Balaban J connectivity index is 2.06. The van der Waals surface area contributed by atoms with Crippen molar-refractivity contribution in [3.63, 3.8) is 0 Å². The number of nitrogens with one attached hydrogen (secondary N) is 1. The topological polar surface area (TPSA) is 15.3 Å². The fraction of sp³-hybridized carbons (Fsp3) is 0.600. The van der Waals surface area contributed by atoms with Crippen LogP contribution < -0.4 is 10.2 Å². The second-order valence-corrected chi connectivity index (χ2v) is 7.00. The lowest BCUT2D eigenvalue weighted by molar-refractivity contribution is 0.580. The van der Waals surface area contributed by atoms with Crippen molar-refractivity contribution in [2.24, 2.45) is 0 Å². The molecule has 106 valence electrons. The highest BCUT2D eigenvalue weighted by Gasteiger charge is 2.19. The molecule has 19 heavy (non-hydrogen) atoms. The smallest absolute Gasteiger partial charge is 0.146 e. The highest BCUT2D eigenvalue weighted by Crippen LogP contribution is 2.26. The molecule has 0 saturated carbocycles. The van der Waals surface area contributed by atoms with Crippen LogP contribution in [-0.4, -0.2) is 30.1 Å². The first-order chi connectivity index (χ1) is 9.06. The first-order valence-electron chi connectivity index (χ1n) is 6.94. The van der Waals surface area contributed by atoms with Gasteiger partial charge in [-0.1, -0.05) is 26.8 Å². The summed E-state index contributed by atoms with van der Waals surface area (Å²) in [4.78, 5) is 2.16. The van der Waals surface area contributed by atoms with Crippen molar-refractivity contribution in [3.8, 4) is 0 Å². The van der Waals surface area contributed by atoms with E-state index in [2.05, 4.69) is 31.0 Å². The molecule has 0 bridgehead atoms. The van der Waals surface area contributed by atoms with E-state index in [0.29, 0.717) is 11.3 Å². The van der Waals surface area contributed by atoms with Crippen LogP contribution in [0.15, 0.2) is 18.2 Å². The predicted molar refractivity (Wildman–Crippen MR) is 82.5 cm³/mol. The van der Waals surface area contributed by atoms with Gasteiger partial charge < -0.3 is 10.2 Å². The predicted octanol–water partition coefficient (Wildman–Crippen LogP) is 3.27. The van der Waals surface area contributed by atoms with E-state index in [9.17, 15) is 4.39 Å². The van der Waals surface area contributed by atoms with Gasteiger partial charge >= 0.3 is 0 Å². The van der Waals surface area contributed by atoms with Crippen LogP contribution in [0, 0.1) is 5.82 Å². The molecule has 1 heterocycles. The van der Waals surface area contributed by atoms with Crippen molar-refractivity contribution in [1.82, 2.24) is 5.32 Å². The molecule has 1 aromatic rings. The third-order valence-corrected chi connectivity index (χ3v) is 4.44. The minimum absolute atomic E-state index is 0.0952. The number of nitrogens with zero attached hydrogens (tertiary/aromatic N) is 1. The summed E-state index contributed by atoms with van der Waals surface area (Å²) < 4.78 is 14.2. The molecule has 0 amide bonds. The molecule has 1 N–H and O–H groups in total. The van der Waals surface area contributed by atoms with Gasteiger partial charge in [-0.15, -0.1) is 0 Å². The second kappa shape index (κ2) is 6.62. The molecule has 2 rings (SSSR count). The Bertz CT molecular complexity index is 423. The molecule has 0 aromatic heterocycles. The minimum Gasteiger partial charge on any atom is -0.367 e. The Morgan fingerprint density at radius 2 is 2.26 bits per heavy atom. The summed E-state index contributed by atoms with van der Waals surface area (Å²) >= 11 is 1.96. The Morgan fingerprint density at radius 1 is 1.47 bits per heavy atom. The van der Waals surface area contributed by atoms with Crippen LogP contribution in [0.4, 0.5) is 10.1 Å². The summed E-state index contributed by atoms with van der Waals surface area (Å²) in [5.74, 6) is 0.985. The number of hydrogen-bond acceptors (Lipinski definition) is 3. The lowest BCUT2D eigenvalue weighted by Crippen LogP contribution is -2.37. The molecule has 1 unspecified atom stereocenters. The minimum atomic E-state index is -0.0952. The summed E-state index contributed by atoms with van der Waals surface area (Å²) in [7, 11) is 0. The van der Waals surface area contributed by atoms with Gasteiger partial charge in [0.05, 0.1) is 5.69 Å². The van der Waals surface area contributed by atoms with Gasteiger partial charge in [0.1, 0.15) is 5.82 Å². The third-order valence-electron chi connectivity index (χ3n) is 3.31. The van der Waals surface area contributed by atoms with E-state index in [1.54, 1.807) is 6.07 Å². The summed E-state index contributed by atoms with van der Waals surface area (Å²) in [6, 6.07) is 6.04. The van der Waals surface area contributed by atoms with E-state index in [4.69, 9.17) is 0 Å². The summed E-state index contributed by atoms with van der Waals surface area (Å²) in [5.41, 5.74) is 1.76. The van der Waals surface area contributed by atoms with E-state index in [0.717, 1.165) is 36.6 Å². The van der Waals surface area contributed by atoms with Gasteiger partial charge in [-0.3, -0.25) is 0 Å². The fourth-order valence-corrected chi connectivity index (χ4v) is 3.29.